The van der Waals surface area contributed by atoms with Crippen molar-refractivity contribution in [1.82, 2.24) is 10.2 Å². The van der Waals surface area contributed by atoms with Crippen LogP contribution in [0, 0.1) is 0 Å². The van der Waals surface area contributed by atoms with Crippen molar-refractivity contribution in [3.05, 3.63) is 76.0 Å². The number of ether oxygens (including phenoxy) is 2. The number of hydrogen-bond acceptors (Lipinski definition) is 4. The van der Waals surface area contributed by atoms with Gasteiger partial charge in [0.25, 0.3) is 5.91 Å². The van der Waals surface area contributed by atoms with Crippen LogP contribution in [0.25, 0.3) is 0 Å². The molecule has 29 heavy (non-hydrogen) atoms. The summed E-state index contributed by atoms with van der Waals surface area (Å²) < 4.78 is 11.4. The van der Waals surface area contributed by atoms with Gasteiger partial charge in [0.05, 0.1) is 24.8 Å². The molecule has 2 heterocycles. The molecule has 0 aliphatic carbocycles. The summed E-state index contributed by atoms with van der Waals surface area (Å²) in [6.07, 6.45) is 0.577. The van der Waals surface area contributed by atoms with Gasteiger partial charge in [0.15, 0.2) is 0 Å². The predicted octanol–water partition coefficient (Wildman–Crippen LogP) is 3.74. The summed E-state index contributed by atoms with van der Waals surface area (Å²) >= 11 is 6.22. The molecule has 1 fully saturated rings. The highest BCUT2D eigenvalue weighted by Crippen LogP contribution is 2.30. The molecule has 2 aliphatic heterocycles. The second-order valence-electron chi connectivity index (χ2n) is 7.35. The van der Waals surface area contributed by atoms with Gasteiger partial charge in [-0.3, -0.25) is 9.69 Å². The molecule has 4 rings (SSSR count). The van der Waals surface area contributed by atoms with E-state index in [1.165, 1.54) is 0 Å². The monoisotopic (exact) mass is 412 g/mol. The minimum absolute atomic E-state index is 0.0410. The second kappa shape index (κ2) is 8.99. The number of fused-ring (bicyclic) bond motifs is 1. The van der Waals surface area contributed by atoms with Crippen LogP contribution in [0.15, 0.2) is 59.9 Å². The van der Waals surface area contributed by atoms with E-state index in [1.54, 1.807) is 0 Å². The third-order valence-electron chi connectivity index (χ3n) is 5.48. The minimum atomic E-state index is -0.0858. The van der Waals surface area contributed by atoms with Crippen molar-refractivity contribution in [2.45, 2.75) is 19.4 Å². The Hall–Kier alpha value is -2.34. The maximum Gasteiger partial charge on any atom is 0.251 e. The molecule has 1 unspecified atom stereocenters. The van der Waals surface area contributed by atoms with E-state index < -0.39 is 0 Å². The number of amides is 1. The van der Waals surface area contributed by atoms with Crippen LogP contribution in [-0.4, -0.2) is 43.7 Å². The van der Waals surface area contributed by atoms with Gasteiger partial charge in [0.2, 0.25) is 0 Å². The van der Waals surface area contributed by atoms with Gasteiger partial charge in [0, 0.05) is 31.1 Å². The Balaban J connectivity index is 1.49. The van der Waals surface area contributed by atoms with Crippen LogP contribution in [-0.2, 0) is 16.0 Å². The van der Waals surface area contributed by atoms with Crippen LogP contribution in [0.3, 0.4) is 0 Å². The summed E-state index contributed by atoms with van der Waals surface area (Å²) in [5, 5.41) is 3.82. The molecule has 1 N–H and O–H groups in total. The van der Waals surface area contributed by atoms with Gasteiger partial charge in [-0.05, 0) is 36.2 Å². The van der Waals surface area contributed by atoms with E-state index in [-0.39, 0.29) is 11.9 Å². The fourth-order valence-corrected chi connectivity index (χ4v) is 4.09. The largest absolute Gasteiger partial charge is 0.461 e. The van der Waals surface area contributed by atoms with Crippen molar-refractivity contribution in [3.63, 3.8) is 0 Å². The SMILES string of the molecule is CC1=C(C(=O)NCC(c2cccc(Cl)c2)N2CCOCC2)Cc2ccccc2O1. The molecular formula is C23H25ClN2O3. The molecule has 0 aromatic heterocycles. The molecule has 2 aromatic carbocycles. The average Bonchev–Trinajstić information content (AvgIpc) is 2.74. The molecule has 0 saturated carbocycles. The number of nitrogens with one attached hydrogen (secondary N) is 1. The lowest BCUT2D eigenvalue weighted by Crippen LogP contribution is -2.44. The average molecular weight is 413 g/mol. The van der Waals surface area contributed by atoms with Gasteiger partial charge in [-0.25, -0.2) is 0 Å². The summed E-state index contributed by atoms with van der Waals surface area (Å²) in [6.45, 7) is 5.38. The van der Waals surface area contributed by atoms with Crippen molar-refractivity contribution < 1.29 is 14.3 Å². The molecule has 0 bridgehead atoms. The molecule has 1 saturated heterocycles. The molecule has 2 aliphatic rings. The number of para-hydroxylation sites is 1. The summed E-state index contributed by atoms with van der Waals surface area (Å²) in [5.41, 5.74) is 2.80. The first-order valence-corrected chi connectivity index (χ1v) is 10.3. The lowest BCUT2D eigenvalue weighted by atomic mass is 9.99. The van der Waals surface area contributed by atoms with E-state index in [0.29, 0.717) is 42.5 Å². The Morgan fingerprint density at radius 2 is 1.97 bits per heavy atom. The van der Waals surface area contributed by atoms with Gasteiger partial charge < -0.3 is 14.8 Å². The highest BCUT2D eigenvalue weighted by molar-refractivity contribution is 6.30. The quantitative estimate of drug-likeness (QED) is 0.812. The third-order valence-corrected chi connectivity index (χ3v) is 5.71. The fourth-order valence-electron chi connectivity index (χ4n) is 3.89. The molecule has 5 nitrogen and oxygen atoms in total. The predicted molar refractivity (Wildman–Crippen MR) is 113 cm³/mol. The third kappa shape index (κ3) is 4.64. The van der Waals surface area contributed by atoms with Crippen LogP contribution < -0.4 is 10.1 Å². The van der Waals surface area contributed by atoms with Gasteiger partial charge in [-0.2, -0.15) is 0 Å². The van der Waals surface area contributed by atoms with Crippen molar-refractivity contribution >= 4 is 17.5 Å². The number of morpholine rings is 1. The van der Waals surface area contributed by atoms with Gasteiger partial charge >= 0.3 is 0 Å². The Morgan fingerprint density at radius 3 is 2.76 bits per heavy atom. The number of halogens is 1. The topological polar surface area (TPSA) is 50.8 Å². The molecule has 152 valence electrons. The molecular weight excluding hydrogens is 388 g/mol. The molecule has 6 heteroatoms. The molecule has 0 spiro atoms. The summed E-state index contributed by atoms with van der Waals surface area (Å²) in [4.78, 5) is 15.3. The number of allylic oxidation sites excluding steroid dienone is 1. The first kappa shape index (κ1) is 20.0. The molecule has 0 radical (unpaired) electrons. The Morgan fingerprint density at radius 1 is 1.17 bits per heavy atom. The standard InChI is InChI=1S/C23H25ClN2O3/c1-16-20(14-18-5-2-3-8-22(18)29-16)23(27)25-15-21(26-9-11-28-12-10-26)17-6-4-7-19(24)13-17/h2-8,13,21H,9-12,14-15H2,1H3,(H,25,27). The fraction of sp³-hybridized carbons (Fsp3) is 0.348. The van der Waals surface area contributed by atoms with Crippen LogP contribution in [0.4, 0.5) is 0 Å². The van der Waals surface area contributed by atoms with E-state index in [2.05, 4.69) is 16.3 Å². The van der Waals surface area contributed by atoms with Crippen LogP contribution >= 0.6 is 11.6 Å². The van der Waals surface area contributed by atoms with Gasteiger partial charge in [-0.1, -0.05) is 41.9 Å². The van der Waals surface area contributed by atoms with E-state index in [4.69, 9.17) is 21.1 Å². The summed E-state index contributed by atoms with van der Waals surface area (Å²) in [6, 6.07) is 15.7. The summed E-state index contributed by atoms with van der Waals surface area (Å²) in [5.74, 6) is 1.40. The van der Waals surface area contributed by atoms with Crippen LogP contribution in [0.2, 0.25) is 5.02 Å². The maximum atomic E-state index is 13.0. The van der Waals surface area contributed by atoms with E-state index in [9.17, 15) is 4.79 Å². The van der Waals surface area contributed by atoms with Gasteiger partial charge in [-0.15, -0.1) is 0 Å². The Bertz CT molecular complexity index is 922. The van der Waals surface area contributed by atoms with Crippen molar-refractivity contribution in [2.75, 3.05) is 32.8 Å². The second-order valence-corrected chi connectivity index (χ2v) is 7.79. The van der Waals surface area contributed by atoms with Gasteiger partial charge in [0.1, 0.15) is 11.5 Å². The highest BCUT2D eigenvalue weighted by Gasteiger charge is 2.26. The smallest absolute Gasteiger partial charge is 0.251 e. The number of nitrogens with zero attached hydrogens (tertiary/aromatic N) is 1. The van der Waals surface area contributed by atoms with Crippen molar-refractivity contribution in [3.8, 4) is 5.75 Å². The lowest BCUT2D eigenvalue weighted by molar-refractivity contribution is -0.118. The zero-order chi connectivity index (χ0) is 20.2. The first-order valence-electron chi connectivity index (χ1n) is 9.93. The molecule has 1 amide bonds. The number of carbonyl (C=O) groups is 1. The highest BCUT2D eigenvalue weighted by atomic mass is 35.5. The van der Waals surface area contributed by atoms with Crippen LogP contribution in [0.5, 0.6) is 5.75 Å². The van der Waals surface area contributed by atoms with Crippen molar-refractivity contribution in [2.24, 2.45) is 0 Å². The Labute approximate surface area is 176 Å². The normalized spacial score (nSPS) is 18.0. The van der Waals surface area contributed by atoms with E-state index in [1.807, 2.05) is 49.4 Å². The zero-order valence-corrected chi connectivity index (χ0v) is 17.2. The van der Waals surface area contributed by atoms with Crippen molar-refractivity contribution in [1.29, 1.82) is 0 Å². The van der Waals surface area contributed by atoms with E-state index in [0.717, 1.165) is 30.0 Å². The molecule has 2 aromatic rings. The number of benzene rings is 2. The summed E-state index contributed by atoms with van der Waals surface area (Å²) in [7, 11) is 0. The lowest BCUT2D eigenvalue weighted by Gasteiger charge is -2.35. The first-order chi connectivity index (χ1) is 14.1. The Kier molecular flexibility index (Phi) is 6.19. The molecule has 1 atom stereocenters. The minimum Gasteiger partial charge on any atom is -0.461 e. The van der Waals surface area contributed by atoms with E-state index >= 15 is 0 Å². The number of rotatable bonds is 5. The van der Waals surface area contributed by atoms with Crippen LogP contribution in [0.1, 0.15) is 24.1 Å². The number of carbonyl (C=O) groups excluding carboxylic acids is 1. The zero-order valence-electron chi connectivity index (χ0n) is 16.5. The number of hydrogen-bond donors (Lipinski definition) is 1. The maximum absolute atomic E-state index is 13.0.